The van der Waals surface area contributed by atoms with Crippen LogP contribution < -0.4 is 20.1 Å². The molecule has 2 aromatic carbocycles. The number of hydrogen-bond acceptors (Lipinski definition) is 9. The third kappa shape index (κ3) is 6.44. The number of aromatic nitrogens is 6. The molecule has 1 aliphatic rings. The lowest BCUT2D eigenvalue weighted by atomic mass is 10.2. The second kappa shape index (κ2) is 12.8. The van der Waals surface area contributed by atoms with Gasteiger partial charge in [0.15, 0.2) is 23.0 Å². The van der Waals surface area contributed by atoms with Gasteiger partial charge in [0, 0.05) is 36.0 Å². The van der Waals surface area contributed by atoms with Crippen molar-refractivity contribution >= 4 is 23.4 Å². The number of carbonyl (C=O) groups is 3. The topological polar surface area (TPSA) is 158 Å². The van der Waals surface area contributed by atoms with Crippen LogP contribution in [0.5, 0.6) is 11.5 Å². The third-order valence-corrected chi connectivity index (χ3v) is 7.30. The Balaban J connectivity index is 1.33. The Labute approximate surface area is 258 Å². The lowest BCUT2D eigenvalue weighted by Gasteiger charge is -2.23. The summed E-state index contributed by atoms with van der Waals surface area (Å²) in [5, 5.41) is 14.6. The van der Waals surface area contributed by atoms with E-state index in [0.29, 0.717) is 46.5 Å². The number of pyridine rings is 1. The first-order valence-electron chi connectivity index (χ1n) is 14.4. The number of rotatable bonds is 3. The molecule has 0 spiro atoms. The van der Waals surface area contributed by atoms with E-state index in [1.807, 2.05) is 30.3 Å². The predicted molar refractivity (Wildman–Crippen MR) is 162 cm³/mol. The molecule has 45 heavy (non-hydrogen) atoms. The van der Waals surface area contributed by atoms with E-state index >= 15 is 0 Å². The van der Waals surface area contributed by atoms with Gasteiger partial charge in [0.1, 0.15) is 18.8 Å². The van der Waals surface area contributed by atoms with Gasteiger partial charge in [-0.1, -0.05) is 30.3 Å². The fourth-order valence-corrected chi connectivity index (χ4v) is 5.04. The van der Waals surface area contributed by atoms with Gasteiger partial charge in [0.25, 0.3) is 11.8 Å². The van der Waals surface area contributed by atoms with Crippen molar-refractivity contribution in [3.05, 3.63) is 90.1 Å². The number of fused-ring (bicyclic) bond motifs is 4. The SMILES string of the molecule is COc1ccc2cc1OCCn1nc(-c3ccccc3)nc1[C@@H](C)NC(=O)CN(C(=O)c1ccn3ncnc3c1)CCNC2=O. The third-order valence-electron chi connectivity index (χ3n) is 7.30. The van der Waals surface area contributed by atoms with Crippen LogP contribution in [0.4, 0.5) is 0 Å². The van der Waals surface area contributed by atoms with E-state index in [2.05, 4.69) is 20.7 Å². The maximum absolute atomic E-state index is 13.7. The van der Waals surface area contributed by atoms with E-state index in [1.165, 1.54) is 22.9 Å². The van der Waals surface area contributed by atoms with E-state index in [0.717, 1.165) is 5.56 Å². The fraction of sp³-hybridized carbons (Fsp3) is 0.258. The minimum Gasteiger partial charge on any atom is -0.493 e. The molecular weight excluding hydrogens is 578 g/mol. The first-order valence-corrected chi connectivity index (χ1v) is 14.4. The summed E-state index contributed by atoms with van der Waals surface area (Å²) in [6.45, 7) is 2.19. The van der Waals surface area contributed by atoms with E-state index in [1.54, 1.807) is 48.1 Å². The van der Waals surface area contributed by atoms with Gasteiger partial charge in [-0.05, 0) is 37.3 Å². The summed E-state index contributed by atoms with van der Waals surface area (Å²) in [4.78, 5) is 50.4. The maximum atomic E-state index is 13.7. The van der Waals surface area contributed by atoms with Crippen molar-refractivity contribution < 1.29 is 23.9 Å². The normalized spacial score (nSPS) is 16.2. The van der Waals surface area contributed by atoms with Crippen molar-refractivity contribution in [3.8, 4) is 22.9 Å². The summed E-state index contributed by atoms with van der Waals surface area (Å²) in [6, 6.07) is 17.1. The number of hydrogen-bond donors (Lipinski definition) is 2. The summed E-state index contributed by atoms with van der Waals surface area (Å²) in [5.74, 6) is 0.703. The monoisotopic (exact) mass is 609 g/mol. The molecule has 3 amide bonds. The van der Waals surface area contributed by atoms with Crippen LogP contribution in [0.3, 0.4) is 0 Å². The molecule has 14 nitrogen and oxygen atoms in total. The average molecular weight is 610 g/mol. The van der Waals surface area contributed by atoms with E-state index in [4.69, 9.17) is 19.6 Å². The summed E-state index contributed by atoms with van der Waals surface area (Å²) >= 11 is 0. The molecule has 1 aliphatic heterocycles. The molecule has 4 heterocycles. The molecule has 14 heteroatoms. The van der Waals surface area contributed by atoms with E-state index in [9.17, 15) is 14.4 Å². The molecule has 1 atom stereocenters. The molecule has 230 valence electrons. The van der Waals surface area contributed by atoms with E-state index in [-0.39, 0.29) is 32.1 Å². The Bertz CT molecular complexity index is 1850. The van der Waals surface area contributed by atoms with Gasteiger partial charge >= 0.3 is 0 Å². The molecule has 6 rings (SSSR count). The van der Waals surface area contributed by atoms with Gasteiger partial charge in [0.2, 0.25) is 5.91 Å². The smallest absolute Gasteiger partial charge is 0.254 e. The zero-order chi connectivity index (χ0) is 31.3. The molecule has 0 saturated carbocycles. The molecule has 2 N–H and O–H groups in total. The molecule has 0 radical (unpaired) electrons. The van der Waals surface area contributed by atoms with Crippen LogP contribution in [0, 0.1) is 0 Å². The highest BCUT2D eigenvalue weighted by Gasteiger charge is 2.24. The number of benzene rings is 2. The lowest BCUT2D eigenvalue weighted by Crippen LogP contribution is -2.45. The summed E-state index contributed by atoms with van der Waals surface area (Å²) in [7, 11) is 1.52. The summed E-state index contributed by atoms with van der Waals surface area (Å²) < 4.78 is 14.7. The molecular formula is C31H31N9O5. The van der Waals surface area contributed by atoms with Crippen molar-refractivity contribution in [1.82, 2.24) is 44.9 Å². The zero-order valence-electron chi connectivity index (χ0n) is 24.7. The highest BCUT2D eigenvalue weighted by atomic mass is 16.5. The van der Waals surface area contributed by atoms with Crippen LogP contribution in [0.25, 0.3) is 17.0 Å². The van der Waals surface area contributed by atoms with Crippen LogP contribution in [0.15, 0.2) is 73.2 Å². The molecule has 0 aliphatic carbocycles. The van der Waals surface area contributed by atoms with Crippen LogP contribution in [-0.4, -0.2) is 85.3 Å². The van der Waals surface area contributed by atoms with Crippen molar-refractivity contribution in [2.75, 3.05) is 33.4 Å². The highest BCUT2D eigenvalue weighted by molar-refractivity contribution is 5.97. The number of methoxy groups -OCH3 is 1. The van der Waals surface area contributed by atoms with Gasteiger partial charge in [-0.2, -0.15) is 10.2 Å². The molecule has 0 unspecified atom stereocenters. The van der Waals surface area contributed by atoms with Gasteiger partial charge in [-0.15, -0.1) is 0 Å². The minimum atomic E-state index is -0.556. The second-order valence-corrected chi connectivity index (χ2v) is 10.3. The molecule has 0 saturated heterocycles. The second-order valence-electron chi connectivity index (χ2n) is 10.3. The number of amides is 3. The van der Waals surface area contributed by atoms with Crippen LogP contribution in [0.1, 0.15) is 39.5 Å². The van der Waals surface area contributed by atoms with E-state index < -0.39 is 17.9 Å². The number of nitrogens with one attached hydrogen (secondary N) is 2. The maximum Gasteiger partial charge on any atom is 0.254 e. The zero-order valence-corrected chi connectivity index (χ0v) is 24.7. The number of nitrogens with zero attached hydrogens (tertiary/aromatic N) is 7. The Hall–Kier alpha value is -5.79. The molecule has 3 aromatic heterocycles. The number of carbonyl (C=O) groups excluding carboxylic acids is 3. The quantitative estimate of drug-likeness (QED) is 0.313. The fourth-order valence-electron chi connectivity index (χ4n) is 5.04. The minimum absolute atomic E-state index is 0.0676. The highest BCUT2D eigenvalue weighted by Crippen LogP contribution is 2.28. The van der Waals surface area contributed by atoms with Crippen LogP contribution in [-0.2, 0) is 11.3 Å². The van der Waals surface area contributed by atoms with Crippen LogP contribution in [0.2, 0.25) is 0 Å². The van der Waals surface area contributed by atoms with Gasteiger partial charge in [-0.25, -0.2) is 19.2 Å². The molecule has 5 aromatic rings. The van der Waals surface area contributed by atoms with Gasteiger partial charge in [0.05, 0.1) is 26.2 Å². The Morgan fingerprint density at radius 1 is 1.04 bits per heavy atom. The summed E-state index contributed by atoms with van der Waals surface area (Å²) in [5.41, 5.74) is 1.99. The van der Waals surface area contributed by atoms with Crippen molar-refractivity contribution in [3.63, 3.8) is 0 Å². The average Bonchev–Trinajstić information content (AvgIpc) is 3.71. The van der Waals surface area contributed by atoms with Gasteiger partial charge < -0.3 is 25.0 Å². The predicted octanol–water partition coefficient (Wildman–Crippen LogP) is 2.14. The lowest BCUT2D eigenvalue weighted by molar-refractivity contribution is -0.122. The standard InChI is InChI=1S/C31H31N9O5/c1-20-29-36-28(21-6-4-3-5-7-21)37-40(29)14-15-45-25-16-22(8-9-24(25)44-2)30(42)32-11-13-38(18-27(41)35-20)31(43)23-10-12-39-26(17-23)33-19-34-39/h3-10,12,16-17,19-20H,11,13-15,18H2,1-2H3,(H,32,42)(H,35,41)/t20-/m1/s1. The Morgan fingerprint density at radius 2 is 1.89 bits per heavy atom. The first-order chi connectivity index (χ1) is 21.9. The van der Waals surface area contributed by atoms with Gasteiger partial charge in [-0.3, -0.25) is 14.4 Å². The number of ether oxygens (including phenoxy) is 2. The largest absolute Gasteiger partial charge is 0.493 e. The molecule has 2 bridgehead atoms. The summed E-state index contributed by atoms with van der Waals surface area (Å²) in [6.07, 6.45) is 3.01. The first kappa shape index (κ1) is 29.3. The molecule has 0 fully saturated rings. The van der Waals surface area contributed by atoms with Crippen LogP contribution >= 0.6 is 0 Å². The van der Waals surface area contributed by atoms with Crippen molar-refractivity contribution in [2.24, 2.45) is 0 Å². The van der Waals surface area contributed by atoms with Crippen molar-refractivity contribution in [1.29, 1.82) is 0 Å². The van der Waals surface area contributed by atoms with Crippen molar-refractivity contribution in [2.45, 2.75) is 19.5 Å². The Morgan fingerprint density at radius 3 is 2.71 bits per heavy atom. The Kier molecular flexibility index (Phi) is 8.35.